The van der Waals surface area contributed by atoms with E-state index in [1.165, 1.54) is 0 Å². The zero-order valence-corrected chi connectivity index (χ0v) is 12.3. The molecule has 1 atom stereocenters. The number of nitrogens with zero attached hydrogens (tertiary/aromatic N) is 1. The largest absolute Gasteiger partial charge is 0.356 e. The van der Waals surface area contributed by atoms with Crippen LogP contribution < -0.4 is 0 Å². The van der Waals surface area contributed by atoms with Crippen molar-refractivity contribution in [3.8, 4) is 0 Å². The molecule has 0 radical (unpaired) electrons. The van der Waals surface area contributed by atoms with Crippen LogP contribution in [0, 0.1) is 10.8 Å². The van der Waals surface area contributed by atoms with Gasteiger partial charge in [-0.05, 0) is 17.4 Å². The monoisotopic (exact) mass is 261 g/mol. The van der Waals surface area contributed by atoms with Crippen LogP contribution in [0.2, 0.25) is 0 Å². The molecule has 1 aromatic carbocycles. The molecule has 3 nitrogen and oxygen atoms in total. The summed E-state index contributed by atoms with van der Waals surface area (Å²) in [4.78, 5) is 14.0. The van der Waals surface area contributed by atoms with Gasteiger partial charge in [0, 0.05) is 7.05 Å². The summed E-state index contributed by atoms with van der Waals surface area (Å²) in [5.74, 6) is 0.186. The van der Waals surface area contributed by atoms with E-state index < -0.39 is 0 Å². The molecular weight excluding hydrogens is 238 g/mol. The Morgan fingerprint density at radius 3 is 2.37 bits per heavy atom. The first kappa shape index (κ1) is 14.1. The summed E-state index contributed by atoms with van der Waals surface area (Å²) in [6, 6.07) is 10.00. The minimum absolute atomic E-state index is 0.123. The molecule has 19 heavy (non-hydrogen) atoms. The number of hydrogen-bond acceptors (Lipinski definition) is 2. The van der Waals surface area contributed by atoms with Gasteiger partial charge in [0.05, 0.1) is 12.0 Å². The average molecular weight is 261 g/mol. The second-order valence-electron chi connectivity index (χ2n) is 6.36. The fourth-order valence-corrected chi connectivity index (χ4v) is 2.56. The lowest BCUT2D eigenvalue weighted by atomic mass is 9.97. The molecule has 1 aromatic rings. The fraction of sp³-hybridized carbons (Fsp3) is 0.562. The first-order valence-corrected chi connectivity index (χ1v) is 6.74. The summed E-state index contributed by atoms with van der Waals surface area (Å²) in [5.41, 5.74) is 1.04. The van der Waals surface area contributed by atoms with Crippen LogP contribution in [-0.4, -0.2) is 24.6 Å². The summed E-state index contributed by atoms with van der Waals surface area (Å²) < 4.78 is 5.60. The summed E-state index contributed by atoms with van der Waals surface area (Å²) in [7, 11) is 1.81. The molecule has 1 amide bonds. The molecule has 1 saturated carbocycles. The molecule has 1 aliphatic carbocycles. The highest BCUT2D eigenvalue weighted by Crippen LogP contribution is 2.63. The third-order valence-electron chi connectivity index (χ3n) is 4.38. The van der Waals surface area contributed by atoms with Gasteiger partial charge in [-0.25, -0.2) is 0 Å². The molecule has 0 N–H and O–H groups in total. The Balaban J connectivity index is 1.79. The van der Waals surface area contributed by atoms with Gasteiger partial charge in [-0.2, -0.15) is 0 Å². The van der Waals surface area contributed by atoms with Gasteiger partial charge < -0.3 is 9.64 Å². The van der Waals surface area contributed by atoms with Gasteiger partial charge in [0.25, 0.3) is 0 Å². The third-order valence-corrected chi connectivity index (χ3v) is 4.38. The lowest BCUT2D eigenvalue weighted by molar-refractivity contribution is -0.141. The molecular formula is C16H23NO2. The number of hydrogen-bond donors (Lipinski definition) is 0. The Labute approximate surface area is 115 Å². The zero-order valence-electron chi connectivity index (χ0n) is 12.3. The molecule has 0 heterocycles. The lowest BCUT2D eigenvalue weighted by Crippen LogP contribution is -2.36. The van der Waals surface area contributed by atoms with Crippen LogP contribution in [0.5, 0.6) is 0 Å². The highest BCUT2D eigenvalue weighted by molar-refractivity contribution is 5.86. The van der Waals surface area contributed by atoms with Crippen molar-refractivity contribution in [3.05, 3.63) is 35.9 Å². The predicted molar refractivity (Wildman–Crippen MR) is 75.4 cm³/mol. The minimum Gasteiger partial charge on any atom is -0.356 e. The first-order chi connectivity index (χ1) is 8.87. The third kappa shape index (κ3) is 2.81. The number of carbonyl (C=O) groups excluding carboxylic acids is 1. The van der Waals surface area contributed by atoms with Crippen molar-refractivity contribution < 1.29 is 9.53 Å². The maximum Gasteiger partial charge on any atom is 0.230 e. The van der Waals surface area contributed by atoms with Crippen molar-refractivity contribution in [3.63, 3.8) is 0 Å². The molecule has 0 bridgehead atoms. The normalized spacial score (nSPS) is 24.0. The molecule has 3 heteroatoms. The summed E-state index contributed by atoms with van der Waals surface area (Å²) in [6.07, 6.45) is 0.960. The van der Waals surface area contributed by atoms with E-state index in [4.69, 9.17) is 4.74 Å². The Hall–Kier alpha value is -1.35. The maximum absolute atomic E-state index is 12.3. The number of benzene rings is 1. The minimum atomic E-state index is -0.210. The van der Waals surface area contributed by atoms with Gasteiger partial charge in [-0.15, -0.1) is 0 Å². The lowest BCUT2D eigenvalue weighted by Gasteiger charge is -2.23. The molecule has 0 aliphatic heterocycles. The summed E-state index contributed by atoms with van der Waals surface area (Å²) in [5, 5.41) is 0. The zero-order chi connectivity index (χ0) is 14.1. The predicted octanol–water partition coefficient (Wildman–Crippen LogP) is 3.06. The maximum atomic E-state index is 12.3. The molecule has 1 fully saturated rings. The molecule has 2 rings (SSSR count). The number of ether oxygens (including phenoxy) is 1. The van der Waals surface area contributed by atoms with E-state index in [2.05, 4.69) is 13.8 Å². The molecule has 104 valence electrons. The number of amides is 1. The van der Waals surface area contributed by atoms with Gasteiger partial charge in [-0.1, -0.05) is 51.1 Å². The molecule has 1 unspecified atom stereocenters. The van der Waals surface area contributed by atoms with Crippen LogP contribution in [0.15, 0.2) is 30.3 Å². The van der Waals surface area contributed by atoms with Crippen molar-refractivity contribution in [2.24, 2.45) is 10.8 Å². The van der Waals surface area contributed by atoms with Crippen LogP contribution in [0.25, 0.3) is 0 Å². The number of rotatable bonds is 5. The second kappa shape index (κ2) is 4.97. The Morgan fingerprint density at radius 2 is 1.84 bits per heavy atom. The van der Waals surface area contributed by atoms with Crippen molar-refractivity contribution >= 4 is 5.91 Å². The highest BCUT2D eigenvalue weighted by Gasteiger charge is 2.63. The van der Waals surface area contributed by atoms with Gasteiger partial charge >= 0.3 is 0 Å². The van der Waals surface area contributed by atoms with Gasteiger partial charge in [0.1, 0.15) is 6.73 Å². The Morgan fingerprint density at radius 1 is 1.26 bits per heavy atom. The fourth-order valence-electron chi connectivity index (χ4n) is 2.56. The molecule has 1 aliphatic rings. The van der Waals surface area contributed by atoms with Crippen LogP contribution in [0.3, 0.4) is 0 Å². The van der Waals surface area contributed by atoms with Crippen molar-refractivity contribution in [1.29, 1.82) is 0 Å². The van der Waals surface area contributed by atoms with E-state index in [9.17, 15) is 4.79 Å². The molecule has 0 spiro atoms. The van der Waals surface area contributed by atoms with E-state index in [1.54, 1.807) is 4.90 Å². The summed E-state index contributed by atoms with van der Waals surface area (Å²) >= 11 is 0. The standard InChI is InChI=1S/C16H23NO2/c1-15(2)11-16(15,3)14(18)17(4)12-19-10-13-8-6-5-7-9-13/h5-9H,10-12H2,1-4H3. The van der Waals surface area contributed by atoms with E-state index in [0.29, 0.717) is 13.3 Å². The van der Waals surface area contributed by atoms with Crippen LogP contribution in [-0.2, 0) is 16.1 Å². The second-order valence-corrected chi connectivity index (χ2v) is 6.36. The number of carbonyl (C=O) groups is 1. The quantitative estimate of drug-likeness (QED) is 0.762. The Bertz CT molecular complexity index is 455. The van der Waals surface area contributed by atoms with E-state index in [0.717, 1.165) is 12.0 Å². The Kier molecular flexibility index (Phi) is 3.68. The smallest absolute Gasteiger partial charge is 0.230 e. The molecule has 0 aromatic heterocycles. The van der Waals surface area contributed by atoms with Crippen molar-refractivity contribution in [1.82, 2.24) is 4.90 Å². The van der Waals surface area contributed by atoms with Gasteiger partial charge in [-0.3, -0.25) is 4.79 Å². The van der Waals surface area contributed by atoms with Crippen molar-refractivity contribution in [2.45, 2.75) is 33.8 Å². The summed E-state index contributed by atoms with van der Waals surface area (Å²) in [6.45, 7) is 7.22. The average Bonchev–Trinajstić information content (AvgIpc) is 2.90. The highest BCUT2D eigenvalue weighted by atomic mass is 16.5. The van der Waals surface area contributed by atoms with E-state index in [1.807, 2.05) is 44.3 Å². The van der Waals surface area contributed by atoms with E-state index >= 15 is 0 Å². The topological polar surface area (TPSA) is 29.5 Å². The van der Waals surface area contributed by atoms with Crippen LogP contribution >= 0.6 is 0 Å². The first-order valence-electron chi connectivity index (χ1n) is 6.74. The van der Waals surface area contributed by atoms with Crippen molar-refractivity contribution in [2.75, 3.05) is 13.8 Å². The van der Waals surface area contributed by atoms with Gasteiger partial charge in [0.2, 0.25) is 5.91 Å². The van der Waals surface area contributed by atoms with Crippen LogP contribution in [0.4, 0.5) is 0 Å². The molecule has 0 saturated heterocycles. The van der Waals surface area contributed by atoms with Crippen LogP contribution in [0.1, 0.15) is 32.8 Å². The van der Waals surface area contributed by atoms with E-state index in [-0.39, 0.29) is 16.7 Å². The SMILES string of the molecule is CN(COCc1ccccc1)C(=O)C1(C)CC1(C)C. The van der Waals surface area contributed by atoms with Gasteiger partial charge in [0.15, 0.2) is 0 Å².